The maximum absolute atomic E-state index is 13.0. The molecule has 0 aliphatic heterocycles. The molecule has 0 aromatic rings. The summed E-state index contributed by atoms with van der Waals surface area (Å²) in [5.41, 5.74) is 0. The molecule has 0 saturated carbocycles. The van der Waals surface area contributed by atoms with Crippen LogP contribution in [0.4, 0.5) is 0 Å². The number of phosphoric ester groups is 1. The number of nitrogens with zero attached hydrogens (tertiary/aromatic N) is 1. The topological polar surface area (TPSA) is 108 Å². The fourth-order valence-electron chi connectivity index (χ4n) is 11.5. The molecule has 9 heteroatoms. The molecule has 0 aliphatic carbocycles. The molecule has 488 valence electrons. The fraction of sp³-hybridized carbons (Fsp3) is 0.932. The summed E-state index contributed by atoms with van der Waals surface area (Å²) in [7, 11) is 1.26. The van der Waals surface area contributed by atoms with Gasteiger partial charge >= 0.3 is 0 Å². The molecule has 1 amide bonds. The van der Waals surface area contributed by atoms with E-state index in [2.05, 4.69) is 31.3 Å². The van der Waals surface area contributed by atoms with E-state index in [-0.39, 0.29) is 19.1 Å². The summed E-state index contributed by atoms with van der Waals surface area (Å²) in [5, 5.41) is 13.9. The summed E-state index contributed by atoms with van der Waals surface area (Å²) in [4.78, 5) is 25.6. The molecule has 0 radical (unpaired) electrons. The van der Waals surface area contributed by atoms with Gasteiger partial charge in [-0.05, 0) is 32.1 Å². The van der Waals surface area contributed by atoms with Crippen LogP contribution in [0, 0.1) is 0 Å². The highest BCUT2D eigenvalue weighted by Crippen LogP contribution is 2.38. The normalized spacial score (nSPS) is 13.7. The summed E-state index contributed by atoms with van der Waals surface area (Å²) in [6.45, 7) is 4.69. The van der Waals surface area contributed by atoms with Gasteiger partial charge in [-0.2, -0.15) is 0 Å². The van der Waals surface area contributed by atoms with Crippen LogP contribution in [0.1, 0.15) is 386 Å². The molecule has 0 rings (SSSR count). The van der Waals surface area contributed by atoms with E-state index in [0.717, 1.165) is 38.5 Å². The highest BCUT2D eigenvalue weighted by molar-refractivity contribution is 7.45. The lowest BCUT2D eigenvalue weighted by molar-refractivity contribution is -0.870. The largest absolute Gasteiger partial charge is 0.756 e. The molecule has 82 heavy (non-hydrogen) atoms. The maximum atomic E-state index is 13.0. The van der Waals surface area contributed by atoms with Crippen molar-refractivity contribution in [3.05, 3.63) is 24.3 Å². The van der Waals surface area contributed by atoms with Crippen LogP contribution in [0.5, 0.6) is 0 Å². The van der Waals surface area contributed by atoms with E-state index in [0.29, 0.717) is 17.4 Å². The van der Waals surface area contributed by atoms with Crippen LogP contribution in [0.15, 0.2) is 24.3 Å². The smallest absolute Gasteiger partial charge is 0.268 e. The number of allylic oxidation sites excluding steroid dienone is 3. The van der Waals surface area contributed by atoms with Gasteiger partial charge in [0.25, 0.3) is 7.82 Å². The molecule has 0 aromatic carbocycles. The zero-order chi connectivity index (χ0) is 59.8. The Kier molecular flexibility index (Phi) is 63.7. The first-order chi connectivity index (χ1) is 40.0. The van der Waals surface area contributed by atoms with Gasteiger partial charge in [-0.15, -0.1) is 0 Å². The predicted molar refractivity (Wildman–Crippen MR) is 358 cm³/mol. The Labute approximate surface area is 513 Å². The van der Waals surface area contributed by atoms with Gasteiger partial charge in [-0.1, -0.05) is 372 Å². The number of quaternary nitrogens is 1. The third-order valence-electron chi connectivity index (χ3n) is 17.2. The van der Waals surface area contributed by atoms with Crippen LogP contribution in [-0.4, -0.2) is 68.5 Å². The van der Waals surface area contributed by atoms with Crippen molar-refractivity contribution in [1.29, 1.82) is 0 Å². The molecule has 3 atom stereocenters. The molecule has 0 saturated heterocycles. The molecule has 0 aliphatic rings. The third-order valence-corrected chi connectivity index (χ3v) is 18.1. The Morgan fingerprint density at radius 2 is 0.683 bits per heavy atom. The van der Waals surface area contributed by atoms with Crippen molar-refractivity contribution in [1.82, 2.24) is 5.32 Å². The van der Waals surface area contributed by atoms with Crippen molar-refractivity contribution in [2.24, 2.45) is 0 Å². The van der Waals surface area contributed by atoms with Gasteiger partial charge in [0.05, 0.1) is 39.9 Å². The number of phosphoric acid groups is 1. The Hall–Kier alpha value is -1.02. The van der Waals surface area contributed by atoms with Gasteiger partial charge < -0.3 is 28.8 Å². The summed E-state index contributed by atoms with van der Waals surface area (Å²) < 4.78 is 23.4. The number of amides is 1. The van der Waals surface area contributed by atoms with Crippen molar-refractivity contribution >= 4 is 13.7 Å². The van der Waals surface area contributed by atoms with Crippen molar-refractivity contribution in [3.63, 3.8) is 0 Å². The lowest BCUT2D eigenvalue weighted by Crippen LogP contribution is -2.45. The van der Waals surface area contributed by atoms with Crippen molar-refractivity contribution in [2.45, 2.75) is 398 Å². The zero-order valence-corrected chi connectivity index (χ0v) is 56.9. The molecule has 2 N–H and O–H groups in total. The van der Waals surface area contributed by atoms with Crippen molar-refractivity contribution in [2.75, 3.05) is 40.9 Å². The Balaban J connectivity index is 3.94. The van der Waals surface area contributed by atoms with Crippen LogP contribution in [0.3, 0.4) is 0 Å². The Morgan fingerprint density at radius 1 is 0.415 bits per heavy atom. The highest BCUT2D eigenvalue weighted by atomic mass is 31.2. The molecule has 3 unspecified atom stereocenters. The first-order valence-corrected chi connectivity index (χ1v) is 38.2. The molecular formula is C73H145N2O6P. The third kappa shape index (κ3) is 66.5. The second-order valence-electron chi connectivity index (χ2n) is 26.7. The zero-order valence-electron chi connectivity index (χ0n) is 56.0. The fourth-order valence-corrected chi connectivity index (χ4v) is 12.2. The minimum Gasteiger partial charge on any atom is -0.756 e. The number of aliphatic hydroxyl groups is 1. The number of nitrogens with one attached hydrogen (secondary N) is 1. The molecule has 0 heterocycles. The second kappa shape index (κ2) is 64.5. The van der Waals surface area contributed by atoms with E-state index >= 15 is 0 Å². The number of likely N-dealkylation sites (N-methyl/N-ethyl adjacent to an activating group) is 1. The summed E-state index contributed by atoms with van der Waals surface area (Å²) in [5.74, 6) is -0.198. The summed E-state index contributed by atoms with van der Waals surface area (Å²) >= 11 is 0. The number of hydrogen-bond donors (Lipinski definition) is 2. The van der Waals surface area contributed by atoms with Gasteiger partial charge in [0.1, 0.15) is 13.2 Å². The van der Waals surface area contributed by atoms with E-state index in [1.807, 2.05) is 27.2 Å². The molecule has 8 nitrogen and oxygen atoms in total. The number of carbonyl (C=O) groups excluding carboxylic acids is 1. The molecule has 0 bridgehead atoms. The first kappa shape index (κ1) is 81.0. The predicted octanol–water partition coefficient (Wildman–Crippen LogP) is 22.8. The van der Waals surface area contributed by atoms with Crippen LogP contribution < -0.4 is 10.2 Å². The lowest BCUT2D eigenvalue weighted by atomic mass is 10.0. The van der Waals surface area contributed by atoms with E-state index in [9.17, 15) is 19.4 Å². The van der Waals surface area contributed by atoms with Crippen molar-refractivity contribution in [3.8, 4) is 0 Å². The second-order valence-corrected chi connectivity index (χ2v) is 28.1. The standard InChI is InChI=1S/C73H145N2O6P/c1-6-8-10-12-14-16-18-20-22-24-26-28-30-31-32-33-34-35-36-37-38-39-40-41-42-43-44-45-47-49-51-53-55-57-59-61-63-65-67-73(77)74-71(70-81-82(78,79)80-69-68-75(3,4)5)72(76)66-64-62-60-58-56-54-52-50-48-46-29-27-25-23-21-19-17-15-13-11-9-7-2/h56,58,64,66,71-72,76H,6-55,57,59-63,65,67-70H2,1-5H3,(H-,74,77,78,79)/b58-56+,66-64+. The first-order valence-electron chi connectivity index (χ1n) is 36.7. The number of rotatable bonds is 69. The van der Waals surface area contributed by atoms with Gasteiger partial charge in [0.15, 0.2) is 0 Å². The van der Waals surface area contributed by atoms with Crippen molar-refractivity contribution < 1.29 is 32.9 Å². The molecule has 0 aromatic heterocycles. The molecule has 0 fully saturated rings. The molecule has 0 spiro atoms. The van der Waals surface area contributed by atoms with E-state index in [4.69, 9.17) is 9.05 Å². The Bertz CT molecular complexity index is 1390. The number of carbonyl (C=O) groups is 1. The Morgan fingerprint density at radius 3 is 0.988 bits per heavy atom. The quantitative estimate of drug-likeness (QED) is 0.0272. The number of unbranched alkanes of at least 4 members (excludes halogenated alkanes) is 54. The minimum atomic E-state index is -4.61. The SMILES string of the molecule is CCCCCCCCCCCCCCCCCC/C=C/CC/C=C/C(O)C(COP(=O)([O-])OCC[N+](C)(C)C)NC(=O)CCCCCCCCCCCCCCCCCCCCCCCCCCCCCCCCCCCCCCCC. The lowest BCUT2D eigenvalue weighted by Gasteiger charge is -2.29. The minimum absolute atomic E-state index is 0.00344. The average molecular weight is 1180 g/mol. The van der Waals surface area contributed by atoms with Crippen LogP contribution in [0.2, 0.25) is 0 Å². The van der Waals surface area contributed by atoms with Gasteiger partial charge in [0, 0.05) is 6.42 Å². The van der Waals surface area contributed by atoms with Gasteiger partial charge in [0.2, 0.25) is 5.91 Å². The van der Waals surface area contributed by atoms with Crippen LogP contribution >= 0.6 is 7.82 Å². The van der Waals surface area contributed by atoms with E-state index in [1.54, 1.807) is 6.08 Å². The highest BCUT2D eigenvalue weighted by Gasteiger charge is 2.23. The van der Waals surface area contributed by atoms with Crippen LogP contribution in [0.25, 0.3) is 0 Å². The van der Waals surface area contributed by atoms with Gasteiger partial charge in [-0.25, -0.2) is 0 Å². The summed E-state index contributed by atoms with van der Waals surface area (Å²) in [6.07, 6.45) is 84.8. The maximum Gasteiger partial charge on any atom is 0.268 e. The number of aliphatic hydroxyl groups excluding tert-OH is 1. The van der Waals surface area contributed by atoms with Gasteiger partial charge in [-0.3, -0.25) is 9.36 Å². The molecular weight excluding hydrogens is 1030 g/mol. The van der Waals surface area contributed by atoms with E-state index < -0.39 is 20.0 Å². The van der Waals surface area contributed by atoms with Crippen LogP contribution in [-0.2, 0) is 18.4 Å². The van der Waals surface area contributed by atoms with E-state index in [1.165, 1.54) is 327 Å². The summed E-state index contributed by atoms with van der Waals surface area (Å²) in [6, 6.07) is -0.902. The number of hydrogen-bond acceptors (Lipinski definition) is 6. The monoisotopic (exact) mass is 1180 g/mol. The average Bonchev–Trinajstić information content (AvgIpc) is 3.46.